The van der Waals surface area contributed by atoms with Crippen LogP contribution in [0.3, 0.4) is 0 Å². The second-order valence-electron chi connectivity index (χ2n) is 4.38. The highest BCUT2D eigenvalue weighted by molar-refractivity contribution is 6.22. The minimum atomic E-state index is -0.259. The lowest BCUT2D eigenvalue weighted by Crippen LogP contribution is -1.98. The average molecular weight is 277 g/mol. The molecule has 0 aromatic heterocycles. The van der Waals surface area contributed by atoms with Gasteiger partial charge in [0, 0.05) is 5.56 Å². The SMILES string of the molecule is COc1cccc(C(Cl)c2cc(C)ccc2OC)c1. The molecule has 100 valence electrons. The summed E-state index contributed by atoms with van der Waals surface area (Å²) in [5.41, 5.74) is 3.12. The van der Waals surface area contributed by atoms with Crippen LogP contribution in [-0.4, -0.2) is 14.2 Å². The molecule has 0 fully saturated rings. The molecule has 3 heteroatoms. The Hall–Kier alpha value is -1.67. The predicted octanol–water partition coefficient (Wildman–Crippen LogP) is 4.34. The Morgan fingerprint density at radius 1 is 1.00 bits per heavy atom. The summed E-state index contributed by atoms with van der Waals surface area (Å²) in [5.74, 6) is 1.60. The first kappa shape index (κ1) is 13.8. The minimum Gasteiger partial charge on any atom is -0.497 e. The molecular weight excluding hydrogens is 260 g/mol. The molecule has 2 aromatic carbocycles. The fourth-order valence-electron chi connectivity index (χ4n) is 2.03. The Morgan fingerprint density at radius 2 is 1.79 bits per heavy atom. The summed E-state index contributed by atoms with van der Waals surface area (Å²) >= 11 is 6.58. The maximum absolute atomic E-state index is 6.58. The van der Waals surface area contributed by atoms with E-state index in [1.54, 1.807) is 14.2 Å². The molecule has 2 aromatic rings. The van der Waals surface area contributed by atoms with Crippen molar-refractivity contribution in [1.29, 1.82) is 0 Å². The largest absolute Gasteiger partial charge is 0.497 e. The number of rotatable bonds is 4. The summed E-state index contributed by atoms with van der Waals surface area (Å²) in [5, 5.41) is -0.259. The Balaban J connectivity index is 2.42. The van der Waals surface area contributed by atoms with Gasteiger partial charge in [0.25, 0.3) is 0 Å². The first-order valence-corrected chi connectivity index (χ1v) is 6.52. The lowest BCUT2D eigenvalue weighted by molar-refractivity contribution is 0.409. The van der Waals surface area contributed by atoms with Gasteiger partial charge < -0.3 is 9.47 Å². The van der Waals surface area contributed by atoms with E-state index >= 15 is 0 Å². The van der Waals surface area contributed by atoms with E-state index in [0.717, 1.165) is 28.2 Å². The third-order valence-corrected chi connectivity index (χ3v) is 3.53. The van der Waals surface area contributed by atoms with Crippen LogP contribution in [-0.2, 0) is 0 Å². The number of aryl methyl sites for hydroxylation is 1. The number of methoxy groups -OCH3 is 2. The molecule has 0 amide bonds. The van der Waals surface area contributed by atoms with Gasteiger partial charge in [-0.2, -0.15) is 0 Å². The number of halogens is 1. The van der Waals surface area contributed by atoms with Crippen molar-refractivity contribution in [2.75, 3.05) is 14.2 Å². The van der Waals surface area contributed by atoms with E-state index in [1.165, 1.54) is 0 Å². The topological polar surface area (TPSA) is 18.5 Å². The van der Waals surface area contributed by atoms with Crippen LogP contribution >= 0.6 is 11.6 Å². The van der Waals surface area contributed by atoms with Crippen molar-refractivity contribution in [2.24, 2.45) is 0 Å². The van der Waals surface area contributed by atoms with Crippen molar-refractivity contribution < 1.29 is 9.47 Å². The van der Waals surface area contributed by atoms with E-state index in [2.05, 4.69) is 6.07 Å². The maximum atomic E-state index is 6.58. The summed E-state index contributed by atoms with van der Waals surface area (Å²) in [4.78, 5) is 0. The summed E-state index contributed by atoms with van der Waals surface area (Å²) in [6.07, 6.45) is 0. The van der Waals surface area contributed by atoms with Gasteiger partial charge in [0.05, 0.1) is 19.6 Å². The third-order valence-electron chi connectivity index (χ3n) is 3.04. The van der Waals surface area contributed by atoms with Gasteiger partial charge in [-0.3, -0.25) is 0 Å². The van der Waals surface area contributed by atoms with Crippen LogP contribution in [0.5, 0.6) is 11.5 Å². The Morgan fingerprint density at radius 3 is 2.47 bits per heavy atom. The molecule has 0 bridgehead atoms. The van der Waals surface area contributed by atoms with Crippen LogP contribution in [0.25, 0.3) is 0 Å². The zero-order chi connectivity index (χ0) is 13.8. The van der Waals surface area contributed by atoms with E-state index in [1.807, 2.05) is 43.3 Å². The molecule has 0 N–H and O–H groups in total. The van der Waals surface area contributed by atoms with Crippen LogP contribution in [0.15, 0.2) is 42.5 Å². The van der Waals surface area contributed by atoms with Crippen molar-refractivity contribution in [1.82, 2.24) is 0 Å². The van der Waals surface area contributed by atoms with Gasteiger partial charge in [0.1, 0.15) is 11.5 Å². The van der Waals surface area contributed by atoms with Gasteiger partial charge in [-0.05, 0) is 30.7 Å². The van der Waals surface area contributed by atoms with Crippen LogP contribution in [0, 0.1) is 6.92 Å². The van der Waals surface area contributed by atoms with Gasteiger partial charge in [-0.25, -0.2) is 0 Å². The third kappa shape index (κ3) is 3.02. The van der Waals surface area contributed by atoms with Gasteiger partial charge in [-0.15, -0.1) is 11.6 Å². The number of hydrogen-bond acceptors (Lipinski definition) is 2. The molecule has 0 spiro atoms. The van der Waals surface area contributed by atoms with Gasteiger partial charge in [-0.1, -0.05) is 29.8 Å². The molecule has 0 aliphatic heterocycles. The molecular formula is C16H17ClO2. The van der Waals surface area contributed by atoms with E-state index in [0.29, 0.717) is 0 Å². The molecule has 0 radical (unpaired) electrons. The highest BCUT2D eigenvalue weighted by atomic mass is 35.5. The van der Waals surface area contributed by atoms with Gasteiger partial charge in [0.2, 0.25) is 0 Å². The average Bonchev–Trinajstić information content (AvgIpc) is 2.46. The lowest BCUT2D eigenvalue weighted by Gasteiger charge is -2.15. The highest BCUT2D eigenvalue weighted by Gasteiger charge is 2.16. The van der Waals surface area contributed by atoms with Crippen LogP contribution in [0.2, 0.25) is 0 Å². The highest BCUT2D eigenvalue weighted by Crippen LogP contribution is 2.36. The second-order valence-corrected chi connectivity index (χ2v) is 4.82. The van der Waals surface area contributed by atoms with Gasteiger partial charge in [0.15, 0.2) is 0 Å². The first-order chi connectivity index (χ1) is 9.15. The van der Waals surface area contributed by atoms with Crippen molar-refractivity contribution in [3.8, 4) is 11.5 Å². The fourth-order valence-corrected chi connectivity index (χ4v) is 2.34. The monoisotopic (exact) mass is 276 g/mol. The Bertz CT molecular complexity index is 566. The Labute approximate surface area is 118 Å². The molecule has 0 saturated heterocycles. The molecule has 1 unspecified atom stereocenters. The standard InChI is InChI=1S/C16H17ClO2/c1-11-7-8-15(19-3)14(9-11)16(17)12-5-4-6-13(10-12)18-2/h4-10,16H,1-3H3. The number of benzene rings is 2. The fraction of sp³-hybridized carbons (Fsp3) is 0.250. The normalized spacial score (nSPS) is 12.0. The second kappa shape index (κ2) is 5.98. The summed E-state index contributed by atoms with van der Waals surface area (Å²) in [6, 6.07) is 13.8. The summed E-state index contributed by atoms with van der Waals surface area (Å²) in [7, 11) is 3.30. The van der Waals surface area contributed by atoms with Crippen LogP contribution < -0.4 is 9.47 Å². The molecule has 0 saturated carbocycles. The van der Waals surface area contributed by atoms with Crippen molar-refractivity contribution in [3.05, 3.63) is 59.2 Å². The summed E-state index contributed by atoms with van der Waals surface area (Å²) < 4.78 is 10.6. The molecule has 2 rings (SSSR count). The molecule has 0 heterocycles. The van der Waals surface area contributed by atoms with Crippen molar-refractivity contribution in [2.45, 2.75) is 12.3 Å². The predicted molar refractivity (Wildman–Crippen MR) is 78.4 cm³/mol. The lowest BCUT2D eigenvalue weighted by atomic mass is 10.0. The molecule has 19 heavy (non-hydrogen) atoms. The quantitative estimate of drug-likeness (QED) is 0.774. The number of hydrogen-bond donors (Lipinski definition) is 0. The maximum Gasteiger partial charge on any atom is 0.123 e. The van der Waals surface area contributed by atoms with Crippen molar-refractivity contribution >= 4 is 11.6 Å². The zero-order valence-electron chi connectivity index (χ0n) is 11.3. The van der Waals surface area contributed by atoms with E-state index in [-0.39, 0.29) is 5.38 Å². The smallest absolute Gasteiger partial charge is 0.123 e. The molecule has 0 aliphatic rings. The Kier molecular flexibility index (Phi) is 4.33. The zero-order valence-corrected chi connectivity index (χ0v) is 12.1. The molecule has 1 atom stereocenters. The van der Waals surface area contributed by atoms with E-state index in [9.17, 15) is 0 Å². The van der Waals surface area contributed by atoms with Gasteiger partial charge >= 0.3 is 0 Å². The minimum absolute atomic E-state index is 0.259. The first-order valence-electron chi connectivity index (χ1n) is 6.08. The van der Waals surface area contributed by atoms with E-state index < -0.39 is 0 Å². The molecule has 2 nitrogen and oxygen atoms in total. The van der Waals surface area contributed by atoms with E-state index in [4.69, 9.17) is 21.1 Å². The van der Waals surface area contributed by atoms with Crippen LogP contribution in [0.4, 0.5) is 0 Å². The summed E-state index contributed by atoms with van der Waals surface area (Å²) in [6.45, 7) is 2.04. The van der Waals surface area contributed by atoms with Crippen LogP contribution in [0.1, 0.15) is 22.1 Å². The number of alkyl halides is 1. The van der Waals surface area contributed by atoms with Crippen molar-refractivity contribution in [3.63, 3.8) is 0 Å². The number of ether oxygens (including phenoxy) is 2. The molecule has 0 aliphatic carbocycles.